The summed E-state index contributed by atoms with van der Waals surface area (Å²) in [5.74, 6) is 1.26. The normalized spacial score (nSPS) is 38.4. The third-order valence-corrected chi connectivity index (χ3v) is 10.3. The number of hydrogen-bond acceptors (Lipinski definition) is 6. The van der Waals surface area contributed by atoms with Crippen LogP contribution in [0.1, 0.15) is 77.8 Å². The summed E-state index contributed by atoms with van der Waals surface area (Å²) >= 11 is 0. The molecule has 194 valence electrons. The predicted octanol–water partition coefficient (Wildman–Crippen LogP) is 4.35. The van der Waals surface area contributed by atoms with Crippen LogP contribution in [0.2, 0.25) is 0 Å². The number of allylic oxidation sites excluding steroid dienone is 2. The standard InChI is InChI=1S/C29H39N3O4/c1-19(33)29(35)14-11-25-23-8-7-20-16-21(9-12-27(20,2)24(23)10-13-28(25,29)3)32-36-18-26(34)31-17-22-6-4-5-15-30-22/h4-6,15-16,23-25,35H,7-14,17-18H2,1-3H3,(H,31,34)/b32-21-/t23-,24+,25+,27+,28+,29+/m1/s1. The minimum Gasteiger partial charge on any atom is -0.385 e. The first-order chi connectivity index (χ1) is 17.2. The molecule has 3 saturated carbocycles. The van der Waals surface area contributed by atoms with Crippen LogP contribution in [-0.4, -0.2) is 39.7 Å². The van der Waals surface area contributed by atoms with Crippen molar-refractivity contribution in [2.45, 2.75) is 84.3 Å². The fraction of sp³-hybridized carbons (Fsp3) is 0.655. The number of rotatable bonds is 6. The maximum absolute atomic E-state index is 12.4. The Balaban J connectivity index is 1.22. The predicted molar refractivity (Wildman–Crippen MR) is 137 cm³/mol. The molecule has 1 heterocycles. The van der Waals surface area contributed by atoms with Gasteiger partial charge in [0.25, 0.3) is 5.91 Å². The Labute approximate surface area is 213 Å². The van der Waals surface area contributed by atoms with Crippen molar-refractivity contribution in [1.29, 1.82) is 0 Å². The molecule has 1 aromatic rings. The number of pyridine rings is 1. The molecule has 0 radical (unpaired) electrons. The number of carbonyl (C=O) groups excluding carboxylic acids is 2. The fourth-order valence-corrected chi connectivity index (χ4v) is 8.15. The molecule has 1 amide bonds. The van der Waals surface area contributed by atoms with Gasteiger partial charge in [0.1, 0.15) is 5.60 Å². The van der Waals surface area contributed by atoms with Crippen LogP contribution in [0.4, 0.5) is 0 Å². The summed E-state index contributed by atoms with van der Waals surface area (Å²) < 4.78 is 0. The Hall–Kier alpha value is -2.54. The highest BCUT2D eigenvalue weighted by molar-refractivity contribution is 5.96. The van der Waals surface area contributed by atoms with E-state index in [0.717, 1.165) is 56.4 Å². The third-order valence-electron chi connectivity index (χ3n) is 10.3. The molecule has 7 nitrogen and oxygen atoms in total. The average molecular weight is 494 g/mol. The maximum Gasteiger partial charge on any atom is 0.261 e. The van der Waals surface area contributed by atoms with E-state index >= 15 is 0 Å². The number of ketones is 1. The van der Waals surface area contributed by atoms with E-state index in [2.05, 4.69) is 35.4 Å². The van der Waals surface area contributed by atoms with Crippen LogP contribution < -0.4 is 5.32 Å². The lowest BCUT2D eigenvalue weighted by atomic mass is 9.46. The summed E-state index contributed by atoms with van der Waals surface area (Å²) in [6.45, 7) is 6.41. The summed E-state index contributed by atoms with van der Waals surface area (Å²) in [5.41, 5.74) is 1.82. The van der Waals surface area contributed by atoms with E-state index in [0.29, 0.717) is 30.7 Å². The van der Waals surface area contributed by atoms with Crippen molar-refractivity contribution in [2.75, 3.05) is 6.61 Å². The fourth-order valence-electron chi connectivity index (χ4n) is 8.15. The molecule has 2 N–H and O–H groups in total. The zero-order chi connectivity index (χ0) is 25.6. The van der Waals surface area contributed by atoms with Crippen molar-refractivity contribution in [2.24, 2.45) is 33.7 Å². The molecule has 0 aromatic carbocycles. The summed E-state index contributed by atoms with van der Waals surface area (Å²) in [5, 5.41) is 18.4. The van der Waals surface area contributed by atoms with Gasteiger partial charge in [-0.25, -0.2) is 0 Å². The maximum atomic E-state index is 12.4. The van der Waals surface area contributed by atoms with Crippen molar-refractivity contribution in [3.63, 3.8) is 0 Å². The number of carbonyl (C=O) groups is 2. The molecule has 0 saturated heterocycles. The molecule has 4 aliphatic carbocycles. The molecular weight excluding hydrogens is 454 g/mol. The second-order valence-corrected chi connectivity index (χ2v) is 11.9. The highest BCUT2D eigenvalue weighted by atomic mass is 16.6. The number of oxime groups is 1. The van der Waals surface area contributed by atoms with Gasteiger partial charge in [0.05, 0.1) is 18.0 Å². The monoisotopic (exact) mass is 493 g/mol. The molecule has 1 aromatic heterocycles. The zero-order valence-electron chi connectivity index (χ0n) is 21.8. The topological polar surface area (TPSA) is 101 Å². The molecule has 0 bridgehead atoms. The molecule has 0 spiro atoms. The molecule has 5 rings (SSSR count). The molecule has 4 aliphatic rings. The number of Topliss-reactive ketones (excluding diaryl/α,β-unsaturated/α-hetero) is 1. The van der Waals surface area contributed by atoms with Crippen LogP contribution in [0.25, 0.3) is 0 Å². The Kier molecular flexibility index (Phi) is 6.56. The molecular formula is C29H39N3O4. The Morgan fingerprint density at radius 3 is 2.69 bits per heavy atom. The molecule has 3 fully saturated rings. The van der Waals surface area contributed by atoms with Gasteiger partial charge in [-0.05, 0) is 99.7 Å². The van der Waals surface area contributed by atoms with Gasteiger partial charge >= 0.3 is 0 Å². The average Bonchev–Trinajstić information content (AvgIpc) is 3.15. The van der Waals surface area contributed by atoms with Crippen molar-refractivity contribution < 1.29 is 19.5 Å². The van der Waals surface area contributed by atoms with E-state index in [1.807, 2.05) is 18.2 Å². The van der Waals surface area contributed by atoms with Crippen molar-refractivity contribution >= 4 is 17.4 Å². The largest absolute Gasteiger partial charge is 0.385 e. The lowest BCUT2D eigenvalue weighted by Crippen LogP contribution is -2.57. The smallest absolute Gasteiger partial charge is 0.261 e. The molecule has 0 aliphatic heterocycles. The number of amides is 1. The van der Waals surface area contributed by atoms with Gasteiger partial charge in [-0.2, -0.15) is 0 Å². The van der Waals surface area contributed by atoms with E-state index in [1.165, 1.54) is 5.57 Å². The minimum atomic E-state index is -1.16. The van der Waals surface area contributed by atoms with Gasteiger partial charge in [-0.3, -0.25) is 14.6 Å². The first kappa shape index (κ1) is 25.1. The van der Waals surface area contributed by atoms with Gasteiger partial charge in [-0.1, -0.05) is 30.6 Å². The highest BCUT2D eigenvalue weighted by Crippen LogP contribution is 2.67. The Bertz CT molecular complexity index is 1090. The summed E-state index contributed by atoms with van der Waals surface area (Å²) in [7, 11) is 0. The van der Waals surface area contributed by atoms with Crippen LogP contribution in [0.15, 0.2) is 41.2 Å². The first-order valence-electron chi connectivity index (χ1n) is 13.5. The number of aromatic nitrogens is 1. The third kappa shape index (κ3) is 4.09. The molecule has 36 heavy (non-hydrogen) atoms. The van der Waals surface area contributed by atoms with Gasteiger partial charge in [0.15, 0.2) is 12.4 Å². The van der Waals surface area contributed by atoms with Crippen molar-refractivity contribution in [3.8, 4) is 0 Å². The summed E-state index contributed by atoms with van der Waals surface area (Å²) in [6, 6.07) is 5.60. The Morgan fingerprint density at radius 2 is 1.94 bits per heavy atom. The quantitative estimate of drug-likeness (QED) is 0.574. The van der Waals surface area contributed by atoms with Crippen LogP contribution in [0.5, 0.6) is 0 Å². The van der Waals surface area contributed by atoms with Gasteiger partial charge in [-0.15, -0.1) is 0 Å². The summed E-state index contributed by atoms with van der Waals surface area (Å²) in [6.07, 6.45) is 11.4. The molecule has 7 heteroatoms. The van der Waals surface area contributed by atoms with Crippen molar-refractivity contribution in [3.05, 3.63) is 41.7 Å². The summed E-state index contributed by atoms with van der Waals surface area (Å²) in [4.78, 5) is 34.1. The highest BCUT2D eigenvalue weighted by Gasteiger charge is 2.65. The van der Waals surface area contributed by atoms with Crippen LogP contribution in [0.3, 0.4) is 0 Å². The van der Waals surface area contributed by atoms with E-state index in [-0.39, 0.29) is 29.1 Å². The first-order valence-corrected chi connectivity index (χ1v) is 13.5. The van der Waals surface area contributed by atoms with E-state index in [9.17, 15) is 14.7 Å². The van der Waals surface area contributed by atoms with Gasteiger partial charge < -0.3 is 15.3 Å². The Morgan fingerprint density at radius 1 is 1.14 bits per heavy atom. The van der Waals surface area contributed by atoms with E-state index in [1.54, 1.807) is 13.1 Å². The lowest BCUT2D eigenvalue weighted by Gasteiger charge is -2.59. The second kappa shape index (κ2) is 9.40. The minimum absolute atomic E-state index is 0.0579. The van der Waals surface area contributed by atoms with E-state index in [4.69, 9.17) is 4.84 Å². The van der Waals surface area contributed by atoms with Gasteiger partial charge in [0, 0.05) is 11.6 Å². The second-order valence-electron chi connectivity index (χ2n) is 11.9. The van der Waals surface area contributed by atoms with Crippen LogP contribution in [-0.2, 0) is 21.0 Å². The zero-order valence-corrected chi connectivity index (χ0v) is 21.8. The number of nitrogens with zero attached hydrogens (tertiary/aromatic N) is 2. The molecule has 0 unspecified atom stereocenters. The van der Waals surface area contributed by atoms with Crippen LogP contribution in [0, 0.1) is 28.6 Å². The number of hydrogen-bond donors (Lipinski definition) is 2. The molecule has 6 atom stereocenters. The lowest BCUT2D eigenvalue weighted by molar-refractivity contribution is -0.159. The number of aliphatic hydroxyl groups is 1. The van der Waals surface area contributed by atoms with E-state index < -0.39 is 5.60 Å². The number of nitrogens with one attached hydrogen (secondary N) is 1. The van der Waals surface area contributed by atoms with Crippen molar-refractivity contribution in [1.82, 2.24) is 10.3 Å². The van der Waals surface area contributed by atoms with Gasteiger partial charge in [0.2, 0.25) is 0 Å². The SMILES string of the molecule is CC(=O)[C@@]1(O)CC[C@H]2[C@@H]3CCC4=C/C(=N\OCC(=O)NCc5ccccn5)CC[C@]4(C)[C@H]3CC[C@@]21C. The van der Waals surface area contributed by atoms with Crippen LogP contribution >= 0.6 is 0 Å². The number of fused-ring (bicyclic) bond motifs is 5.